The Morgan fingerprint density at radius 2 is 1.89 bits per heavy atom. The number of nitrogens with one attached hydrogen (secondary N) is 1. The third-order valence-corrected chi connectivity index (χ3v) is 3.73. The molecule has 0 atom stereocenters. The number of benzene rings is 1. The number of hydrogen-bond acceptors (Lipinski definition) is 3. The van der Waals surface area contributed by atoms with E-state index in [1.54, 1.807) is 7.11 Å². The molecule has 3 nitrogen and oxygen atoms in total. The highest BCUT2D eigenvalue weighted by Gasteiger charge is 2.35. The van der Waals surface area contributed by atoms with Crippen molar-refractivity contribution in [3.8, 4) is 0 Å². The van der Waals surface area contributed by atoms with Gasteiger partial charge in [-0.05, 0) is 17.5 Å². The average molecular weight is 249 g/mol. The first-order chi connectivity index (χ1) is 8.78. The van der Waals surface area contributed by atoms with Crippen LogP contribution in [0.4, 0.5) is 0 Å². The Morgan fingerprint density at radius 1 is 1.22 bits per heavy atom. The van der Waals surface area contributed by atoms with Crippen LogP contribution in [-0.2, 0) is 22.6 Å². The Labute approximate surface area is 109 Å². The van der Waals surface area contributed by atoms with E-state index in [2.05, 4.69) is 36.5 Å². The maximum absolute atomic E-state index is 5.32. The molecule has 1 N–H and O–H groups in total. The van der Waals surface area contributed by atoms with Gasteiger partial charge in [0.2, 0.25) is 0 Å². The minimum absolute atomic E-state index is 0.385. The molecule has 1 aromatic rings. The van der Waals surface area contributed by atoms with Crippen molar-refractivity contribution in [2.24, 2.45) is 5.41 Å². The predicted molar refractivity (Wildman–Crippen MR) is 72.4 cm³/mol. The number of hydrogen-bond donors (Lipinski definition) is 1. The molecule has 1 saturated heterocycles. The van der Waals surface area contributed by atoms with E-state index in [4.69, 9.17) is 9.47 Å². The van der Waals surface area contributed by atoms with Gasteiger partial charge >= 0.3 is 0 Å². The Kier molecular flexibility index (Phi) is 4.75. The van der Waals surface area contributed by atoms with Gasteiger partial charge in [-0.25, -0.2) is 0 Å². The Bertz CT molecular complexity index is 352. The van der Waals surface area contributed by atoms with E-state index >= 15 is 0 Å². The number of methoxy groups -OCH3 is 1. The van der Waals surface area contributed by atoms with Crippen molar-refractivity contribution < 1.29 is 9.47 Å². The fourth-order valence-corrected chi connectivity index (χ4v) is 2.21. The summed E-state index contributed by atoms with van der Waals surface area (Å²) in [6, 6.07) is 8.58. The molecule has 0 amide bonds. The molecule has 0 saturated carbocycles. The molecule has 18 heavy (non-hydrogen) atoms. The normalized spacial score (nSPS) is 17.4. The zero-order valence-electron chi connectivity index (χ0n) is 11.4. The SMILES string of the molecule is CCC1(CNCc2ccc(COC)cc2)COC1. The van der Waals surface area contributed by atoms with Gasteiger partial charge < -0.3 is 14.8 Å². The molecule has 1 aliphatic heterocycles. The highest BCUT2D eigenvalue weighted by atomic mass is 16.5. The second kappa shape index (κ2) is 6.32. The van der Waals surface area contributed by atoms with Crippen LogP contribution in [0.5, 0.6) is 0 Å². The molecule has 1 fully saturated rings. The Hall–Kier alpha value is -0.900. The third kappa shape index (κ3) is 3.31. The monoisotopic (exact) mass is 249 g/mol. The van der Waals surface area contributed by atoms with E-state index in [1.165, 1.54) is 17.5 Å². The summed E-state index contributed by atoms with van der Waals surface area (Å²) in [7, 11) is 1.72. The third-order valence-electron chi connectivity index (χ3n) is 3.73. The maximum atomic E-state index is 5.32. The van der Waals surface area contributed by atoms with Crippen LogP contribution in [0, 0.1) is 5.41 Å². The van der Waals surface area contributed by atoms with E-state index in [-0.39, 0.29) is 0 Å². The Morgan fingerprint density at radius 3 is 2.39 bits per heavy atom. The number of rotatable bonds is 7. The second-order valence-corrected chi connectivity index (χ2v) is 5.20. The smallest absolute Gasteiger partial charge is 0.0713 e. The molecule has 0 bridgehead atoms. The zero-order valence-corrected chi connectivity index (χ0v) is 11.4. The summed E-state index contributed by atoms with van der Waals surface area (Å²) < 4.78 is 10.4. The fourth-order valence-electron chi connectivity index (χ4n) is 2.21. The molecule has 0 spiro atoms. The van der Waals surface area contributed by atoms with Gasteiger partial charge in [0.05, 0.1) is 19.8 Å². The van der Waals surface area contributed by atoms with E-state index in [0.29, 0.717) is 12.0 Å². The van der Waals surface area contributed by atoms with Gasteiger partial charge in [0.1, 0.15) is 0 Å². The standard InChI is InChI=1S/C15H23NO2/c1-3-15(11-18-12-15)10-16-8-13-4-6-14(7-5-13)9-17-2/h4-7,16H,3,8-12H2,1-2H3. The van der Waals surface area contributed by atoms with Crippen molar-refractivity contribution in [1.29, 1.82) is 0 Å². The average Bonchev–Trinajstić information content (AvgIpc) is 2.35. The quantitative estimate of drug-likeness (QED) is 0.804. The lowest BCUT2D eigenvalue weighted by molar-refractivity contribution is -0.113. The van der Waals surface area contributed by atoms with Gasteiger partial charge in [0.25, 0.3) is 0 Å². The maximum Gasteiger partial charge on any atom is 0.0713 e. The zero-order chi connectivity index (χ0) is 12.8. The molecule has 0 aliphatic carbocycles. The van der Waals surface area contributed by atoms with Crippen LogP contribution in [0.2, 0.25) is 0 Å². The highest BCUT2D eigenvalue weighted by Crippen LogP contribution is 2.30. The minimum Gasteiger partial charge on any atom is -0.380 e. The van der Waals surface area contributed by atoms with Gasteiger partial charge in [0, 0.05) is 25.6 Å². The molecule has 1 aromatic carbocycles. The lowest BCUT2D eigenvalue weighted by Gasteiger charge is -2.41. The van der Waals surface area contributed by atoms with Crippen molar-refractivity contribution in [1.82, 2.24) is 5.32 Å². The first-order valence-electron chi connectivity index (χ1n) is 6.63. The molecule has 0 radical (unpaired) electrons. The summed E-state index contributed by atoms with van der Waals surface area (Å²) in [4.78, 5) is 0. The molecular formula is C15H23NO2. The van der Waals surface area contributed by atoms with Gasteiger partial charge in [-0.3, -0.25) is 0 Å². The molecular weight excluding hydrogens is 226 g/mol. The molecule has 0 unspecified atom stereocenters. The van der Waals surface area contributed by atoms with Crippen LogP contribution in [0.25, 0.3) is 0 Å². The van der Waals surface area contributed by atoms with E-state index in [9.17, 15) is 0 Å². The Balaban J connectivity index is 1.76. The molecule has 1 heterocycles. The molecule has 100 valence electrons. The van der Waals surface area contributed by atoms with Crippen molar-refractivity contribution >= 4 is 0 Å². The summed E-state index contributed by atoms with van der Waals surface area (Å²) >= 11 is 0. The van der Waals surface area contributed by atoms with Gasteiger partial charge in [0.15, 0.2) is 0 Å². The van der Waals surface area contributed by atoms with E-state index in [0.717, 1.165) is 26.3 Å². The van der Waals surface area contributed by atoms with E-state index < -0.39 is 0 Å². The summed E-state index contributed by atoms with van der Waals surface area (Å²) in [5.41, 5.74) is 2.93. The van der Waals surface area contributed by atoms with Gasteiger partial charge in [-0.15, -0.1) is 0 Å². The topological polar surface area (TPSA) is 30.5 Å². The molecule has 2 rings (SSSR count). The summed E-state index contributed by atoms with van der Waals surface area (Å²) in [5.74, 6) is 0. The largest absolute Gasteiger partial charge is 0.380 e. The highest BCUT2D eigenvalue weighted by molar-refractivity contribution is 5.21. The van der Waals surface area contributed by atoms with Crippen molar-refractivity contribution in [2.75, 3.05) is 26.9 Å². The van der Waals surface area contributed by atoms with E-state index in [1.807, 2.05) is 0 Å². The van der Waals surface area contributed by atoms with Crippen molar-refractivity contribution in [3.63, 3.8) is 0 Å². The summed E-state index contributed by atoms with van der Waals surface area (Å²) in [6.07, 6.45) is 1.19. The first-order valence-corrected chi connectivity index (χ1v) is 6.63. The first kappa shape index (κ1) is 13.5. The van der Waals surface area contributed by atoms with Gasteiger partial charge in [-0.2, -0.15) is 0 Å². The molecule has 3 heteroatoms. The van der Waals surface area contributed by atoms with Crippen molar-refractivity contribution in [3.05, 3.63) is 35.4 Å². The molecule has 1 aliphatic rings. The lowest BCUT2D eigenvalue weighted by atomic mass is 9.83. The predicted octanol–water partition coefficient (Wildman–Crippen LogP) is 2.35. The van der Waals surface area contributed by atoms with Crippen LogP contribution < -0.4 is 5.32 Å². The van der Waals surface area contributed by atoms with Crippen LogP contribution >= 0.6 is 0 Å². The summed E-state index contributed by atoms with van der Waals surface area (Å²) in [5, 5.41) is 3.54. The number of ether oxygens (including phenoxy) is 2. The van der Waals surface area contributed by atoms with Crippen molar-refractivity contribution in [2.45, 2.75) is 26.5 Å². The van der Waals surface area contributed by atoms with Crippen LogP contribution in [0.3, 0.4) is 0 Å². The van der Waals surface area contributed by atoms with Crippen LogP contribution in [-0.4, -0.2) is 26.9 Å². The van der Waals surface area contributed by atoms with Crippen LogP contribution in [0.1, 0.15) is 24.5 Å². The molecule has 0 aromatic heterocycles. The van der Waals surface area contributed by atoms with Crippen LogP contribution in [0.15, 0.2) is 24.3 Å². The minimum atomic E-state index is 0.385. The van der Waals surface area contributed by atoms with Gasteiger partial charge in [-0.1, -0.05) is 31.2 Å². The second-order valence-electron chi connectivity index (χ2n) is 5.20. The lowest BCUT2D eigenvalue weighted by Crippen LogP contribution is -2.49. The fraction of sp³-hybridized carbons (Fsp3) is 0.600. The summed E-state index contributed by atoms with van der Waals surface area (Å²) in [6.45, 7) is 6.71.